The van der Waals surface area contributed by atoms with Crippen molar-refractivity contribution in [1.29, 1.82) is 0 Å². The van der Waals surface area contributed by atoms with Gasteiger partial charge < -0.3 is 0 Å². The largest absolute Gasteiger partial charge is 0.250 e. The summed E-state index contributed by atoms with van der Waals surface area (Å²) in [5.41, 5.74) is 0. The van der Waals surface area contributed by atoms with Gasteiger partial charge >= 0.3 is 0 Å². The van der Waals surface area contributed by atoms with Gasteiger partial charge in [-0.1, -0.05) is 23.9 Å². The van der Waals surface area contributed by atoms with Crippen molar-refractivity contribution < 1.29 is 13.2 Å². The van der Waals surface area contributed by atoms with Gasteiger partial charge in [-0.2, -0.15) is 4.39 Å². The summed E-state index contributed by atoms with van der Waals surface area (Å²) in [6, 6.07) is 7.52. The Balaban J connectivity index is 2.37. The van der Waals surface area contributed by atoms with E-state index in [9.17, 15) is 13.2 Å². The zero-order valence-electron chi connectivity index (χ0n) is 8.25. The number of benzene rings is 1. The summed E-state index contributed by atoms with van der Waals surface area (Å²) >= 11 is 4.20. The van der Waals surface area contributed by atoms with E-state index in [1.54, 1.807) is 24.3 Å². The Kier molecular flexibility index (Phi) is 3.73. The van der Waals surface area contributed by atoms with Crippen LogP contribution >= 0.6 is 27.7 Å². The van der Waals surface area contributed by atoms with Crippen LogP contribution in [0.1, 0.15) is 0 Å². The first kappa shape index (κ1) is 12.4. The molecule has 1 aromatic heterocycles. The van der Waals surface area contributed by atoms with Gasteiger partial charge in [0.15, 0.2) is 11.6 Å². The molecule has 1 nitrogen and oxygen atoms in total. The zero-order valence-corrected chi connectivity index (χ0v) is 10.7. The first-order chi connectivity index (χ1) is 8.08. The molecule has 88 valence electrons. The normalized spacial score (nSPS) is 10.6. The fraction of sp³-hybridized carbons (Fsp3) is 0. The molecule has 17 heavy (non-hydrogen) atoms. The van der Waals surface area contributed by atoms with E-state index in [2.05, 4.69) is 20.9 Å². The highest BCUT2D eigenvalue weighted by Gasteiger charge is 2.13. The van der Waals surface area contributed by atoms with E-state index in [0.29, 0.717) is 11.0 Å². The summed E-state index contributed by atoms with van der Waals surface area (Å²) in [5.74, 6) is -3.48. The van der Waals surface area contributed by atoms with Gasteiger partial charge in [0, 0.05) is 15.4 Å². The smallest absolute Gasteiger partial charge is 0.207 e. The third-order valence-corrected chi connectivity index (χ3v) is 3.91. The van der Waals surface area contributed by atoms with Crippen molar-refractivity contribution in [2.45, 2.75) is 9.92 Å². The molecule has 2 aromatic rings. The van der Waals surface area contributed by atoms with E-state index in [1.165, 1.54) is 0 Å². The van der Waals surface area contributed by atoms with Crippen molar-refractivity contribution in [3.05, 3.63) is 52.4 Å². The minimum absolute atomic E-state index is 0.198. The van der Waals surface area contributed by atoms with Gasteiger partial charge in [-0.25, -0.2) is 13.8 Å². The van der Waals surface area contributed by atoms with Crippen molar-refractivity contribution in [2.75, 3.05) is 0 Å². The summed E-state index contributed by atoms with van der Waals surface area (Å²) in [6.07, 6.45) is 0. The van der Waals surface area contributed by atoms with E-state index in [0.717, 1.165) is 16.2 Å². The van der Waals surface area contributed by atoms with Crippen LogP contribution in [0.2, 0.25) is 0 Å². The first-order valence-electron chi connectivity index (χ1n) is 4.52. The molecule has 1 heterocycles. The van der Waals surface area contributed by atoms with Crippen LogP contribution in [-0.4, -0.2) is 4.98 Å². The number of halogens is 4. The molecule has 0 aliphatic rings. The van der Waals surface area contributed by atoms with E-state index >= 15 is 0 Å². The second-order valence-corrected chi connectivity index (χ2v) is 4.97. The van der Waals surface area contributed by atoms with Crippen LogP contribution in [0, 0.1) is 17.6 Å². The third-order valence-electron chi connectivity index (χ3n) is 1.90. The van der Waals surface area contributed by atoms with Crippen LogP contribution in [0.5, 0.6) is 0 Å². The van der Waals surface area contributed by atoms with Gasteiger partial charge in [0.25, 0.3) is 0 Å². The second kappa shape index (κ2) is 5.10. The quantitative estimate of drug-likeness (QED) is 0.760. The summed E-state index contributed by atoms with van der Waals surface area (Å²) in [7, 11) is 0. The van der Waals surface area contributed by atoms with Crippen molar-refractivity contribution >= 4 is 27.7 Å². The predicted molar refractivity (Wildman–Crippen MR) is 62.4 cm³/mol. The lowest BCUT2D eigenvalue weighted by Crippen LogP contribution is -1.95. The lowest BCUT2D eigenvalue weighted by atomic mass is 10.4. The van der Waals surface area contributed by atoms with E-state index in [1.807, 2.05) is 0 Å². The van der Waals surface area contributed by atoms with Crippen molar-refractivity contribution in [3.63, 3.8) is 0 Å². The SMILES string of the molecule is Fc1cc(F)c(Sc2ccccc2Br)nc1F. The topological polar surface area (TPSA) is 12.9 Å². The molecule has 0 atom stereocenters. The number of nitrogens with zero attached hydrogens (tertiary/aromatic N) is 1. The molecule has 0 bridgehead atoms. The van der Waals surface area contributed by atoms with Gasteiger partial charge in [-0.15, -0.1) is 0 Å². The van der Waals surface area contributed by atoms with E-state index < -0.39 is 17.6 Å². The molecule has 0 amide bonds. The molecule has 0 spiro atoms. The van der Waals surface area contributed by atoms with E-state index in [4.69, 9.17) is 0 Å². The highest BCUT2D eigenvalue weighted by molar-refractivity contribution is 9.10. The molecule has 0 aliphatic heterocycles. The molecular weight excluding hydrogens is 315 g/mol. The lowest BCUT2D eigenvalue weighted by Gasteiger charge is -2.04. The molecule has 0 saturated carbocycles. The standard InChI is InChI=1S/C11H5BrF3NS/c12-6-3-1-2-4-9(6)17-11-8(14)5-7(13)10(15)16-11/h1-5H. The number of hydrogen-bond acceptors (Lipinski definition) is 2. The zero-order chi connectivity index (χ0) is 12.4. The van der Waals surface area contributed by atoms with Crippen LogP contribution in [-0.2, 0) is 0 Å². The maximum absolute atomic E-state index is 13.3. The monoisotopic (exact) mass is 319 g/mol. The molecule has 0 radical (unpaired) electrons. The molecule has 0 saturated heterocycles. The number of rotatable bonds is 2. The average molecular weight is 320 g/mol. The highest BCUT2D eigenvalue weighted by Crippen LogP contribution is 2.33. The van der Waals surface area contributed by atoms with Crippen LogP contribution in [0.3, 0.4) is 0 Å². The number of aromatic nitrogens is 1. The van der Waals surface area contributed by atoms with Gasteiger partial charge in [0.05, 0.1) is 0 Å². The Morgan fingerprint density at radius 2 is 1.76 bits per heavy atom. The molecule has 2 rings (SSSR count). The Morgan fingerprint density at radius 3 is 2.47 bits per heavy atom. The molecule has 0 N–H and O–H groups in total. The third kappa shape index (κ3) is 2.81. The summed E-state index contributed by atoms with van der Waals surface area (Å²) in [4.78, 5) is 3.91. The second-order valence-electron chi connectivity index (χ2n) is 3.08. The van der Waals surface area contributed by atoms with Crippen LogP contribution in [0.4, 0.5) is 13.2 Å². The Labute approximate surface area is 108 Å². The Bertz CT molecular complexity index is 562. The minimum Gasteiger partial charge on any atom is -0.207 e. The molecule has 0 unspecified atom stereocenters. The van der Waals surface area contributed by atoms with E-state index in [-0.39, 0.29) is 5.03 Å². The fourth-order valence-electron chi connectivity index (χ4n) is 1.13. The van der Waals surface area contributed by atoms with Crippen molar-refractivity contribution in [2.24, 2.45) is 0 Å². The van der Waals surface area contributed by atoms with Gasteiger partial charge in [-0.3, -0.25) is 0 Å². The van der Waals surface area contributed by atoms with Crippen molar-refractivity contribution in [1.82, 2.24) is 4.98 Å². The van der Waals surface area contributed by atoms with Gasteiger partial charge in [-0.05, 0) is 28.1 Å². The average Bonchev–Trinajstić information content (AvgIpc) is 2.29. The lowest BCUT2D eigenvalue weighted by molar-refractivity contribution is 0.448. The maximum Gasteiger partial charge on any atom is 0.250 e. The number of hydrogen-bond donors (Lipinski definition) is 0. The highest BCUT2D eigenvalue weighted by atomic mass is 79.9. The summed E-state index contributed by atoms with van der Waals surface area (Å²) in [5, 5.41) is -0.198. The Morgan fingerprint density at radius 1 is 1.06 bits per heavy atom. The number of pyridine rings is 1. The molecular formula is C11H5BrF3NS. The molecule has 0 fully saturated rings. The first-order valence-corrected chi connectivity index (χ1v) is 6.13. The van der Waals surface area contributed by atoms with Gasteiger partial charge in [0.1, 0.15) is 5.03 Å². The van der Waals surface area contributed by atoms with Gasteiger partial charge in [0.2, 0.25) is 5.95 Å². The molecule has 1 aromatic carbocycles. The minimum atomic E-state index is -1.30. The molecule has 0 aliphatic carbocycles. The molecule has 6 heteroatoms. The summed E-state index contributed by atoms with van der Waals surface area (Å²) < 4.78 is 39.6. The van der Waals surface area contributed by atoms with Crippen LogP contribution in [0.15, 0.2) is 44.7 Å². The summed E-state index contributed by atoms with van der Waals surface area (Å²) in [6.45, 7) is 0. The maximum atomic E-state index is 13.3. The fourth-order valence-corrected chi connectivity index (χ4v) is 2.46. The van der Waals surface area contributed by atoms with Crippen molar-refractivity contribution in [3.8, 4) is 0 Å². The van der Waals surface area contributed by atoms with Crippen LogP contribution in [0.25, 0.3) is 0 Å². The Hall–Kier alpha value is -1.01. The predicted octanol–water partition coefficient (Wildman–Crippen LogP) is 4.41. The van der Waals surface area contributed by atoms with Crippen LogP contribution < -0.4 is 0 Å².